The third-order valence-corrected chi connectivity index (χ3v) is 5.33. The summed E-state index contributed by atoms with van der Waals surface area (Å²) in [6.07, 6.45) is 3.73. The Morgan fingerprint density at radius 1 is 1.30 bits per heavy atom. The van der Waals surface area contributed by atoms with E-state index in [0.717, 1.165) is 32.5 Å². The smallest absolute Gasteiger partial charge is 0.275 e. The highest BCUT2D eigenvalue weighted by atomic mass is 16.3. The van der Waals surface area contributed by atoms with Crippen LogP contribution in [0, 0.1) is 13.8 Å². The lowest BCUT2D eigenvalue weighted by Gasteiger charge is -2.32. The van der Waals surface area contributed by atoms with Crippen molar-refractivity contribution in [2.24, 2.45) is 0 Å². The molecule has 2 aromatic rings. The number of nitrogens with zero attached hydrogens (tertiary/aromatic N) is 5. The Morgan fingerprint density at radius 3 is 2.70 bits per heavy atom. The maximum Gasteiger partial charge on any atom is 0.275 e. The van der Waals surface area contributed by atoms with Crippen LogP contribution >= 0.6 is 0 Å². The first-order valence-electron chi connectivity index (χ1n) is 9.54. The van der Waals surface area contributed by atoms with Gasteiger partial charge in [0.2, 0.25) is 0 Å². The summed E-state index contributed by atoms with van der Waals surface area (Å²) < 4.78 is 1.83. The molecule has 0 aliphatic carbocycles. The van der Waals surface area contributed by atoms with Gasteiger partial charge in [-0.1, -0.05) is 29.0 Å². The summed E-state index contributed by atoms with van der Waals surface area (Å²) in [6, 6.07) is 6.92. The minimum absolute atomic E-state index is 0.0602. The summed E-state index contributed by atoms with van der Waals surface area (Å²) in [5.41, 5.74) is 4.38. The molecule has 1 aliphatic rings. The summed E-state index contributed by atoms with van der Waals surface area (Å²) in [6.45, 7) is 7.53. The number of amides is 1. The average molecular weight is 371 g/mol. The lowest BCUT2D eigenvalue weighted by molar-refractivity contribution is 0.0761. The van der Waals surface area contributed by atoms with Gasteiger partial charge in [0, 0.05) is 33.2 Å². The number of aromatic nitrogens is 3. The Hall–Kier alpha value is -2.25. The molecule has 0 radical (unpaired) electrons. The second kappa shape index (κ2) is 8.63. The van der Waals surface area contributed by atoms with Gasteiger partial charge in [0.25, 0.3) is 5.91 Å². The maximum absolute atomic E-state index is 12.2. The third kappa shape index (κ3) is 4.73. The van der Waals surface area contributed by atoms with Crippen LogP contribution in [0.5, 0.6) is 0 Å². The molecule has 1 fully saturated rings. The standard InChI is InChI=1S/C20H29N5O2/c1-15-4-5-17(16(2)12-15)13-24-8-6-18(7-9-24)25-14-19(21-22-25)20(27)23(3)10-11-26/h4-5,12,14,18,26H,6-11,13H2,1-3H3. The quantitative estimate of drug-likeness (QED) is 0.838. The van der Waals surface area contributed by atoms with Gasteiger partial charge in [-0.25, -0.2) is 4.68 Å². The molecule has 0 spiro atoms. The first-order chi connectivity index (χ1) is 13.0. The number of likely N-dealkylation sites (N-methyl/N-ethyl adjacent to an activating group) is 1. The highest BCUT2D eigenvalue weighted by molar-refractivity contribution is 5.91. The largest absolute Gasteiger partial charge is 0.395 e. The summed E-state index contributed by atoms with van der Waals surface area (Å²) in [5.74, 6) is -0.206. The highest BCUT2D eigenvalue weighted by Gasteiger charge is 2.23. The van der Waals surface area contributed by atoms with Crippen molar-refractivity contribution in [2.75, 3.05) is 33.3 Å². The average Bonchev–Trinajstić information content (AvgIpc) is 3.14. The van der Waals surface area contributed by atoms with Crippen LogP contribution in [0.1, 0.15) is 46.1 Å². The minimum Gasteiger partial charge on any atom is -0.395 e. The first-order valence-corrected chi connectivity index (χ1v) is 9.54. The number of benzene rings is 1. The Labute approximate surface area is 160 Å². The van der Waals surface area contributed by atoms with Crippen LogP contribution in [0.3, 0.4) is 0 Å². The highest BCUT2D eigenvalue weighted by Crippen LogP contribution is 2.24. The second-order valence-corrected chi connectivity index (χ2v) is 7.47. The van der Waals surface area contributed by atoms with E-state index in [1.165, 1.54) is 21.6 Å². The zero-order chi connectivity index (χ0) is 19.4. The number of aliphatic hydroxyl groups is 1. The molecule has 2 heterocycles. The van der Waals surface area contributed by atoms with E-state index in [4.69, 9.17) is 5.11 Å². The number of hydrogen-bond acceptors (Lipinski definition) is 5. The number of carbonyl (C=O) groups is 1. The molecular formula is C20H29N5O2. The van der Waals surface area contributed by atoms with Crippen molar-refractivity contribution in [1.29, 1.82) is 0 Å². The topological polar surface area (TPSA) is 74.5 Å². The summed E-state index contributed by atoms with van der Waals surface area (Å²) >= 11 is 0. The molecule has 0 saturated carbocycles. The molecule has 1 saturated heterocycles. The van der Waals surface area contributed by atoms with Gasteiger partial charge in [-0.3, -0.25) is 9.69 Å². The van der Waals surface area contributed by atoms with Crippen LogP contribution in [0.25, 0.3) is 0 Å². The van der Waals surface area contributed by atoms with Gasteiger partial charge in [0.05, 0.1) is 18.8 Å². The van der Waals surface area contributed by atoms with E-state index in [2.05, 4.69) is 47.3 Å². The molecule has 1 aromatic heterocycles. The molecule has 1 aromatic carbocycles. The Bertz CT molecular complexity index is 780. The molecule has 1 aliphatic heterocycles. The van der Waals surface area contributed by atoms with Gasteiger partial charge in [0.15, 0.2) is 5.69 Å². The van der Waals surface area contributed by atoms with Gasteiger partial charge < -0.3 is 10.0 Å². The number of aliphatic hydroxyl groups excluding tert-OH is 1. The Morgan fingerprint density at radius 2 is 2.04 bits per heavy atom. The predicted octanol–water partition coefficient (Wildman–Crippen LogP) is 1.80. The molecule has 0 bridgehead atoms. The SMILES string of the molecule is Cc1ccc(CN2CCC(n3cc(C(=O)N(C)CCO)nn3)CC2)c(C)c1. The molecular weight excluding hydrogens is 342 g/mol. The van der Waals surface area contributed by atoms with Crippen LogP contribution in [0.2, 0.25) is 0 Å². The lowest BCUT2D eigenvalue weighted by atomic mass is 10.0. The number of rotatable bonds is 6. The predicted molar refractivity (Wildman–Crippen MR) is 104 cm³/mol. The molecule has 7 heteroatoms. The van der Waals surface area contributed by atoms with E-state index < -0.39 is 0 Å². The second-order valence-electron chi connectivity index (χ2n) is 7.47. The number of hydrogen-bond donors (Lipinski definition) is 1. The van der Waals surface area contributed by atoms with Crippen molar-refractivity contribution >= 4 is 5.91 Å². The maximum atomic E-state index is 12.2. The van der Waals surface area contributed by atoms with Gasteiger partial charge in [-0.05, 0) is 37.8 Å². The van der Waals surface area contributed by atoms with Crippen molar-refractivity contribution < 1.29 is 9.90 Å². The monoisotopic (exact) mass is 371 g/mol. The van der Waals surface area contributed by atoms with E-state index >= 15 is 0 Å². The normalized spacial score (nSPS) is 15.9. The molecule has 0 atom stereocenters. The van der Waals surface area contributed by atoms with Gasteiger partial charge in [-0.15, -0.1) is 5.10 Å². The van der Waals surface area contributed by atoms with E-state index in [9.17, 15) is 4.79 Å². The van der Waals surface area contributed by atoms with E-state index in [0.29, 0.717) is 12.2 Å². The van der Waals surface area contributed by atoms with Crippen LogP contribution in [-0.2, 0) is 6.54 Å². The van der Waals surface area contributed by atoms with E-state index in [-0.39, 0.29) is 18.6 Å². The molecule has 1 amide bonds. The first kappa shape index (κ1) is 19.5. The number of aryl methyl sites for hydroxylation is 2. The summed E-state index contributed by atoms with van der Waals surface area (Å²) in [7, 11) is 1.66. The van der Waals surface area contributed by atoms with E-state index in [1.807, 2.05) is 4.68 Å². The molecule has 0 unspecified atom stereocenters. The van der Waals surface area contributed by atoms with Crippen molar-refractivity contribution in [3.63, 3.8) is 0 Å². The van der Waals surface area contributed by atoms with Crippen molar-refractivity contribution in [2.45, 2.75) is 39.3 Å². The van der Waals surface area contributed by atoms with Crippen molar-refractivity contribution in [3.05, 3.63) is 46.8 Å². The molecule has 3 rings (SSSR count). The van der Waals surface area contributed by atoms with Crippen LogP contribution in [0.4, 0.5) is 0 Å². The van der Waals surface area contributed by atoms with Gasteiger partial charge in [-0.2, -0.15) is 0 Å². The van der Waals surface area contributed by atoms with E-state index in [1.54, 1.807) is 13.2 Å². The Balaban J connectivity index is 1.55. The van der Waals surface area contributed by atoms with Crippen molar-refractivity contribution in [1.82, 2.24) is 24.8 Å². The number of piperidine rings is 1. The molecule has 7 nitrogen and oxygen atoms in total. The zero-order valence-electron chi connectivity index (χ0n) is 16.4. The fraction of sp³-hybridized carbons (Fsp3) is 0.550. The summed E-state index contributed by atoms with van der Waals surface area (Å²) in [5, 5.41) is 17.2. The van der Waals surface area contributed by atoms with Crippen LogP contribution in [0.15, 0.2) is 24.4 Å². The third-order valence-electron chi connectivity index (χ3n) is 5.33. The van der Waals surface area contributed by atoms with Gasteiger partial charge >= 0.3 is 0 Å². The Kier molecular flexibility index (Phi) is 6.23. The fourth-order valence-corrected chi connectivity index (χ4v) is 3.61. The molecule has 27 heavy (non-hydrogen) atoms. The van der Waals surface area contributed by atoms with Gasteiger partial charge in [0.1, 0.15) is 0 Å². The minimum atomic E-state index is -0.206. The fourth-order valence-electron chi connectivity index (χ4n) is 3.61. The van der Waals surface area contributed by atoms with Crippen LogP contribution < -0.4 is 0 Å². The number of carbonyl (C=O) groups excluding carboxylic acids is 1. The van der Waals surface area contributed by atoms with Crippen molar-refractivity contribution in [3.8, 4) is 0 Å². The lowest BCUT2D eigenvalue weighted by Crippen LogP contribution is -2.34. The molecule has 146 valence electrons. The summed E-state index contributed by atoms with van der Waals surface area (Å²) in [4.78, 5) is 16.2. The van der Waals surface area contributed by atoms with Crippen LogP contribution in [-0.4, -0.2) is 69.1 Å². The molecule has 1 N–H and O–H groups in total. The number of likely N-dealkylation sites (tertiary alicyclic amines) is 1. The zero-order valence-corrected chi connectivity index (χ0v) is 16.4.